The van der Waals surface area contributed by atoms with Gasteiger partial charge in [0.15, 0.2) is 5.82 Å². The van der Waals surface area contributed by atoms with Crippen LogP contribution in [0.4, 0.5) is 0 Å². The van der Waals surface area contributed by atoms with Crippen molar-refractivity contribution in [2.24, 2.45) is 0 Å². The van der Waals surface area contributed by atoms with Gasteiger partial charge in [0.05, 0.1) is 0 Å². The second-order valence-electron chi connectivity index (χ2n) is 3.41. The van der Waals surface area contributed by atoms with E-state index < -0.39 is 0 Å². The lowest BCUT2D eigenvalue weighted by Crippen LogP contribution is -2.03. The van der Waals surface area contributed by atoms with Crippen molar-refractivity contribution in [3.63, 3.8) is 0 Å². The average molecular weight is 212 g/mol. The van der Waals surface area contributed by atoms with E-state index in [-0.39, 0.29) is 11.7 Å². The van der Waals surface area contributed by atoms with Gasteiger partial charge in [0.1, 0.15) is 0 Å². The van der Waals surface area contributed by atoms with E-state index in [4.69, 9.17) is 4.52 Å². The predicted molar refractivity (Wildman–Crippen MR) is 53.5 cm³/mol. The number of nitrogens with zero attached hydrogens (tertiary/aromatic N) is 2. The first-order valence-corrected chi connectivity index (χ1v) is 5.75. The molecule has 1 atom stereocenters. The number of ketones is 1. The molecule has 14 heavy (non-hydrogen) atoms. The summed E-state index contributed by atoms with van der Waals surface area (Å²) >= 11 is 1.95. The summed E-state index contributed by atoms with van der Waals surface area (Å²) in [6.45, 7) is 1.43. The molecule has 5 heteroatoms. The van der Waals surface area contributed by atoms with Crippen LogP contribution in [0.3, 0.4) is 0 Å². The Balaban J connectivity index is 1.98. The zero-order valence-corrected chi connectivity index (χ0v) is 8.84. The van der Waals surface area contributed by atoms with E-state index in [0.29, 0.717) is 11.1 Å². The van der Waals surface area contributed by atoms with Crippen LogP contribution >= 0.6 is 11.8 Å². The van der Waals surface area contributed by atoms with E-state index in [2.05, 4.69) is 10.1 Å². The van der Waals surface area contributed by atoms with E-state index in [9.17, 15) is 4.79 Å². The maximum atomic E-state index is 10.9. The average Bonchev–Trinajstić information content (AvgIpc) is 2.75. The molecule has 1 fully saturated rings. The molecule has 1 saturated heterocycles. The number of hydrogen-bond donors (Lipinski definition) is 0. The van der Waals surface area contributed by atoms with Gasteiger partial charge in [-0.1, -0.05) is 5.16 Å². The highest BCUT2D eigenvalue weighted by Crippen LogP contribution is 2.28. The van der Waals surface area contributed by atoms with Gasteiger partial charge in [-0.2, -0.15) is 16.7 Å². The smallest absolute Gasteiger partial charge is 0.293 e. The number of carbonyl (C=O) groups is 1. The molecule has 2 heterocycles. The Morgan fingerprint density at radius 3 is 3.14 bits per heavy atom. The summed E-state index contributed by atoms with van der Waals surface area (Å²) in [7, 11) is 0. The first kappa shape index (κ1) is 9.71. The molecule has 0 radical (unpaired) electrons. The summed E-state index contributed by atoms with van der Waals surface area (Å²) in [4.78, 5) is 14.9. The Bertz CT molecular complexity index is 331. The minimum Gasteiger partial charge on any atom is -0.331 e. The molecule has 0 N–H and O–H groups in total. The molecule has 0 saturated carbocycles. The van der Waals surface area contributed by atoms with Crippen molar-refractivity contribution < 1.29 is 9.32 Å². The first-order valence-electron chi connectivity index (χ1n) is 4.71. The highest BCUT2D eigenvalue weighted by molar-refractivity contribution is 8.00. The van der Waals surface area contributed by atoms with Gasteiger partial charge in [-0.05, 0) is 18.6 Å². The highest BCUT2D eigenvalue weighted by Gasteiger charge is 2.19. The fourth-order valence-electron chi connectivity index (χ4n) is 1.49. The van der Waals surface area contributed by atoms with Crippen molar-refractivity contribution in [1.82, 2.24) is 10.1 Å². The van der Waals surface area contributed by atoms with Crippen molar-refractivity contribution >= 4 is 17.5 Å². The van der Waals surface area contributed by atoms with Crippen LogP contribution in [0.1, 0.15) is 36.3 Å². The highest BCUT2D eigenvalue weighted by atomic mass is 32.2. The van der Waals surface area contributed by atoms with Crippen LogP contribution in [0.5, 0.6) is 0 Å². The second-order valence-corrected chi connectivity index (χ2v) is 4.82. The maximum Gasteiger partial charge on any atom is 0.293 e. The number of rotatable bonds is 3. The Hall–Kier alpha value is -0.840. The summed E-state index contributed by atoms with van der Waals surface area (Å²) in [5, 5.41) is 4.38. The van der Waals surface area contributed by atoms with Gasteiger partial charge in [0.2, 0.25) is 5.78 Å². The Morgan fingerprint density at radius 1 is 1.71 bits per heavy atom. The van der Waals surface area contributed by atoms with E-state index in [0.717, 1.165) is 6.42 Å². The molecule has 1 aromatic rings. The lowest BCUT2D eigenvalue weighted by molar-refractivity contribution is 0.0972. The lowest BCUT2D eigenvalue weighted by atomic mass is 10.2. The first-order chi connectivity index (χ1) is 6.75. The van der Waals surface area contributed by atoms with Crippen LogP contribution < -0.4 is 0 Å². The van der Waals surface area contributed by atoms with Crippen molar-refractivity contribution in [1.29, 1.82) is 0 Å². The SMILES string of the molecule is CC(=O)c1nc(CC2CCCS2)no1. The number of hydrogen-bond acceptors (Lipinski definition) is 5. The summed E-state index contributed by atoms with van der Waals surface area (Å²) in [5.74, 6) is 1.85. The van der Waals surface area contributed by atoms with Gasteiger partial charge in [-0.15, -0.1) is 0 Å². The molecule has 2 rings (SSSR count). The van der Waals surface area contributed by atoms with Crippen LogP contribution in [0.2, 0.25) is 0 Å². The fraction of sp³-hybridized carbons (Fsp3) is 0.667. The van der Waals surface area contributed by atoms with E-state index >= 15 is 0 Å². The molecule has 0 spiro atoms. The Kier molecular flexibility index (Phi) is 2.86. The topological polar surface area (TPSA) is 56.0 Å². The summed E-state index contributed by atoms with van der Waals surface area (Å²) in [6, 6.07) is 0. The van der Waals surface area contributed by atoms with Crippen molar-refractivity contribution in [3.05, 3.63) is 11.7 Å². The predicted octanol–water partition coefficient (Wildman–Crippen LogP) is 1.71. The van der Waals surface area contributed by atoms with E-state index in [1.54, 1.807) is 0 Å². The van der Waals surface area contributed by atoms with Gasteiger partial charge >= 0.3 is 0 Å². The maximum absolute atomic E-state index is 10.9. The molecule has 4 nitrogen and oxygen atoms in total. The summed E-state index contributed by atoms with van der Waals surface area (Å²) < 4.78 is 4.82. The van der Waals surface area contributed by atoms with Crippen molar-refractivity contribution in [2.45, 2.75) is 31.4 Å². The quantitative estimate of drug-likeness (QED) is 0.714. The van der Waals surface area contributed by atoms with Gasteiger partial charge in [0, 0.05) is 18.6 Å². The lowest BCUT2D eigenvalue weighted by Gasteiger charge is -2.02. The zero-order valence-electron chi connectivity index (χ0n) is 8.02. The van der Waals surface area contributed by atoms with Gasteiger partial charge in [-0.25, -0.2) is 0 Å². The molecule has 1 aromatic heterocycles. The molecule has 0 bridgehead atoms. The van der Waals surface area contributed by atoms with Crippen LogP contribution in [0.15, 0.2) is 4.52 Å². The molecular weight excluding hydrogens is 200 g/mol. The van der Waals surface area contributed by atoms with E-state index in [1.807, 2.05) is 11.8 Å². The van der Waals surface area contributed by atoms with Gasteiger partial charge in [0.25, 0.3) is 5.89 Å². The summed E-state index contributed by atoms with van der Waals surface area (Å²) in [6.07, 6.45) is 3.31. The van der Waals surface area contributed by atoms with Gasteiger partial charge in [-0.3, -0.25) is 4.79 Å². The normalized spacial score (nSPS) is 21.4. The minimum atomic E-state index is -0.164. The zero-order chi connectivity index (χ0) is 9.97. The molecule has 76 valence electrons. The minimum absolute atomic E-state index is 0.128. The molecule has 0 aromatic carbocycles. The van der Waals surface area contributed by atoms with Gasteiger partial charge < -0.3 is 4.52 Å². The number of aromatic nitrogens is 2. The third-order valence-corrected chi connectivity index (χ3v) is 3.60. The number of carbonyl (C=O) groups excluding carboxylic acids is 1. The monoisotopic (exact) mass is 212 g/mol. The molecule has 0 aliphatic carbocycles. The van der Waals surface area contributed by atoms with Crippen LogP contribution in [-0.4, -0.2) is 26.9 Å². The van der Waals surface area contributed by atoms with E-state index in [1.165, 1.54) is 25.5 Å². The Morgan fingerprint density at radius 2 is 2.57 bits per heavy atom. The number of thioether (sulfide) groups is 1. The molecule has 1 aliphatic heterocycles. The molecule has 1 unspecified atom stereocenters. The number of Topliss-reactive ketones (excluding diaryl/α,β-unsaturated/α-hetero) is 1. The molecular formula is C9H12N2O2S. The molecule has 0 amide bonds. The third-order valence-electron chi connectivity index (χ3n) is 2.20. The van der Waals surface area contributed by atoms with Crippen LogP contribution in [-0.2, 0) is 6.42 Å². The van der Waals surface area contributed by atoms with Crippen LogP contribution in [0.25, 0.3) is 0 Å². The van der Waals surface area contributed by atoms with Crippen molar-refractivity contribution in [2.75, 3.05) is 5.75 Å². The standard InChI is InChI=1S/C9H12N2O2S/c1-6(12)9-10-8(11-13-9)5-7-3-2-4-14-7/h7H,2-5H2,1H3. The van der Waals surface area contributed by atoms with Crippen LogP contribution in [0, 0.1) is 0 Å². The summed E-state index contributed by atoms with van der Waals surface area (Å²) in [5.41, 5.74) is 0. The molecule has 1 aliphatic rings. The fourth-order valence-corrected chi connectivity index (χ4v) is 2.76. The van der Waals surface area contributed by atoms with Crippen molar-refractivity contribution in [3.8, 4) is 0 Å². The largest absolute Gasteiger partial charge is 0.331 e. The second kappa shape index (κ2) is 4.13. The third kappa shape index (κ3) is 2.15. The Labute approximate surface area is 86.4 Å².